The summed E-state index contributed by atoms with van der Waals surface area (Å²) >= 11 is 6.00. The Kier molecular flexibility index (Phi) is 5.63. The molecule has 1 aliphatic heterocycles. The van der Waals surface area contributed by atoms with E-state index in [2.05, 4.69) is 15.5 Å². The number of anilines is 2. The van der Waals surface area contributed by atoms with E-state index < -0.39 is 11.7 Å². The lowest BCUT2D eigenvalue weighted by atomic mass is 10.0. The molecule has 0 spiro atoms. The number of halogens is 2. The second kappa shape index (κ2) is 8.76. The molecule has 0 saturated heterocycles. The number of benzene rings is 3. The van der Waals surface area contributed by atoms with E-state index in [1.165, 1.54) is 12.1 Å². The monoisotopic (exact) mass is 474 g/mol. The number of hydrogen-bond donors (Lipinski definition) is 2. The Labute approximate surface area is 200 Å². The third-order valence-electron chi connectivity index (χ3n) is 5.92. The van der Waals surface area contributed by atoms with E-state index in [0.717, 1.165) is 34.1 Å². The molecule has 0 aliphatic carbocycles. The van der Waals surface area contributed by atoms with E-state index in [9.17, 15) is 14.0 Å². The first kappa shape index (κ1) is 21.9. The summed E-state index contributed by atoms with van der Waals surface area (Å²) in [6.45, 7) is 2.34. The lowest BCUT2D eigenvalue weighted by Crippen LogP contribution is -2.33. The van der Waals surface area contributed by atoms with Gasteiger partial charge in [0, 0.05) is 23.4 Å². The first-order valence-corrected chi connectivity index (χ1v) is 11.1. The van der Waals surface area contributed by atoms with Gasteiger partial charge in [0.1, 0.15) is 5.82 Å². The van der Waals surface area contributed by atoms with Gasteiger partial charge in [0.2, 0.25) is 0 Å². The van der Waals surface area contributed by atoms with Crippen LogP contribution in [0.1, 0.15) is 31.8 Å². The van der Waals surface area contributed by atoms with Crippen LogP contribution < -0.4 is 10.2 Å². The Balaban J connectivity index is 1.41. The lowest BCUT2D eigenvalue weighted by Gasteiger charge is -2.24. The Hall–Kier alpha value is -3.97. The number of para-hydroxylation sites is 1. The molecule has 0 unspecified atom stereocenters. The van der Waals surface area contributed by atoms with Crippen molar-refractivity contribution in [3.63, 3.8) is 0 Å². The number of hydrogen-bond acceptors (Lipinski definition) is 3. The van der Waals surface area contributed by atoms with E-state index in [0.29, 0.717) is 24.2 Å². The zero-order valence-corrected chi connectivity index (χ0v) is 19.0. The summed E-state index contributed by atoms with van der Waals surface area (Å²) in [5, 5.41) is 10.00. The van der Waals surface area contributed by atoms with Crippen LogP contribution in [0, 0.1) is 12.7 Å². The van der Waals surface area contributed by atoms with Crippen molar-refractivity contribution in [1.82, 2.24) is 10.2 Å². The first-order chi connectivity index (χ1) is 16.4. The van der Waals surface area contributed by atoms with Gasteiger partial charge in [0.05, 0.1) is 28.2 Å². The van der Waals surface area contributed by atoms with Crippen molar-refractivity contribution >= 4 is 34.8 Å². The molecule has 0 atom stereocenters. The lowest BCUT2D eigenvalue weighted by molar-refractivity contribution is 0.0985. The number of H-pyrrole nitrogens is 1. The fourth-order valence-corrected chi connectivity index (χ4v) is 4.47. The van der Waals surface area contributed by atoms with Crippen LogP contribution in [0.25, 0.3) is 11.3 Å². The van der Waals surface area contributed by atoms with Crippen molar-refractivity contribution in [1.29, 1.82) is 0 Å². The summed E-state index contributed by atoms with van der Waals surface area (Å²) in [5.74, 6) is -1.10. The summed E-state index contributed by atoms with van der Waals surface area (Å²) < 4.78 is 13.3. The standard InChI is InChI=1S/C26H20ClFN4O2/c1-15-12-18(30-25(33)20-8-6-17(28)13-22(20)27)7-9-19(15)26(34)32-11-10-16-14-29-31-24(16)21-4-2-3-5-23(21)32/h2-9,12-14H,10-11H2,1H3,(H,29,31)(H,30,33). The van der Waals surface area contributed by atoms with Crippen LogP contribution in [0.2, 0.25) is 5.02 Å². The average molecular weight is 475 g/mol. The molecule has 2 amide bonds. The van der Waals surface area contributed by atoms with E-state index in [4.69, 9.17) is 11.6 Å². The quantitative estimate of drug-likeness (QED) is 0.403. The van der Waals surface area contributed by atoms with Crippen LogP contribution in [0.3, 0.4) is 0 Å². The van der Waals surface area contributed by atoms with Crippen molar-refractivity contribution < 1.29 is 14.0 Å². The summed E-state index contributed by atoms with van der Waals surface area (Å²) in [7, 11) is 0. The SMILES string of the molecule is Cc1cc(NC(=O)c2ccc(F)cc2Cl)ccc1C(=O)N1CCc2cn[nH]c2-c2ccccc21. The molecule has 5 rings (SSSR count). The Morgan fingerprint density at radius 1 is 1.09 bits per heavy atom. The van der Waals surface area contributed by atoms with Crippen molar-refractivity contribution in [3.8, 4) is 11.3 Å². The van der Waals surface area contributed by atoms with E-state index in [1.807, 2.05) is 31.2 Å². The van der Waals surface area contributed by atoms with Crippen LogP contribution in [0.15, 0.2) is 66.9 Å². The van der Waals surface area contributed by atoms with E-state index >= 15 is 0 Å². The molecule has 0 bridgehead atoms. The maximum absolute atomic E-state index is 13.6. The minimum Gasteiger partial charge on any atom is -0.322 e. The van der Waals surface area contributed by atoms with Gasteiger partial charge in [-0.1, -0.05) is 29.8 Å². The summed E-state index contributed by atoms with van der Waals surface area (Å²) in [6.07, 6.45) is 2.48. The Bertz CT molecular complexity index is 1430. The molecule has 8 heteroatoms. The number of aryl methyl sites for hydroxylation is 1. The number of rotatable bonds is 3. The van der Waals surface area contributed by atoms with Crippen molar-refractivity contribution in [2.24, 2.45) is 0 Å². The number of carbonyl (C=O) groups excluding carboxylic acids is 2. The van der Waals surface area contributed by atoms with Gasteiger partial charge in [-0.05, 0) is 66.9 Å². The minimum absolute atomic E-state index is 0.0286. The smallest absolute Gasteiger partial charge is 0.258 e. The van der Waals surface area contributed by atoms with Crippen molar-refractivity contribution in [2.45, 2.75) is 13.3 Å². The number of aromatic amines is 1. The predicted octanol–water partition coefficient (Wildman–Crippen LogP) is 5.63. The summed E-state index contributed by atoms with van der Waals surface area (Å²) in [5.41, 5.74) is 5.68. The predicted molar refractivity (Wildman–Crippen MR) is 130 cm³/mol. The van der Waals surface area contributed by atoms with Gasteiger partial charge in [-0.15, -0.1) is 0 Å². The number of aromatic nitrogens is 2. The van der Waals surface area contributed by atoms with Crippen LogP contribution in [-0.4, -0.2) is 28.6 Å². The van der Waals surface area contributed by atoms with Crippen LogP contribution >= 0.6 is 11.6 Å². The first-order valence-electron chi connectivity index (χ1n) is 10.7. The molecule has 2 heterocycles. The van der Waals surface area contributed by atoms with E-state index in [1.54, 1.807) is 29.3 Å². The zero-order valence-electron chi connectivity index (χ0n) is 18.2. The van der Waals surface area contributed by atoms with Gasteiger partial charge in [-0.3, -0.25) is 14.7 Å². The second-order valence-corrected chi connectivity index (χ2v) is 8.51. The average Bonchev–Trinajstić information content (AvgIpc) is 3.22. The van der Waals surface area contributed by atoms with E-state index in [-0.39, 0.29) is 16.5 Å². The number of carbonyl (C=O) groups is 2. The highest BCUT2D eigenvalue weighted by molar-refractivity contribution is 6.34. The molecule has 170 valence electrons. The van der Waals surface area contributed by atoms with Crippen molar-refractivity contribution in [3.05, 3.63) is 100.0 Å². The third kappa shape index (κ3) is 3.95. The van der Waals surface area contributed by atoms with Gasteiger partial charge in [0.15, 0.2) is 0 Å². The maximum Gasteiger partial charge on any atom is 0.258 e. The molecular weight excluding hydrogens is 455 g/mol. The zero-order chi connectivity index (χ0) is 23.8. The minimum atomic E-state index is -0.515. The Morgan fingerprint density at radius 2 is 1.88 bits per heavy atom. The number of fused-ring (bicyclic) bond motifs is 3. The van der Waals surface area contributed by atoms with Gasteiger partial charge < -0.3 is 10.2 Å². The summed E-state index contributed by atoms with van der Waals surface area (Å²) in [4.78, 5) is 28.0. The molecule has 3 aromatic carbocycles. The molecule has 0 fully saturated rings. The van der Waals surface area contributed by atoms with Gasteiger partial charge in [-0.25, -0.2) is 4.39 Å². The number of nitrogens with one attached hydrogen (secondary N) is 2. The number of nitrogens with zero attached hydrogens (tertiary/aromatic N) is 2. The normalized spacial score (nSPS) is 12.5. The second-order valence-electron chi connectivity index (χ2n) is 8.10. The molecule has 0 saturated carbocycles. The topological polar surface area (TPSA) is 78.1 Å². The molecule has 2 N–H and O–H groups in total. The van der Waals surface area contributed by atoms with Crippen LogP contribution in [0.4, 0.5) is 15.8 Å². The third-order valence-corrected chi connectivity index (χ3v) is 6.24. The molecule has 6 nitrogen and oxygen atoms in total. The fourth-order valence-electron chi connectivity index (χ4n) is 4.22. The maximum atomic E-state index is 13.6. The van der Waals surface area contributed by atoms with Gasteiger partial charge in [0.25, 0.3) is 11.8 Å². The molecule has 0 radical (unpaired) electrons. The number of amides is 2. The molecule has 34 heavy (non-hydrogen) atoms. The highest BCUT2D eigenvalue weighted by Crippen LogP contribution is 2.36. The van der Waals surface area contributed by atoms with Gasteiger partial charge >= 0.3 is 0 Å². The van der Waals surface area contributed by atoms with Gasteiger partial charge in [-0.2, -0.15) is 5.10 Å². The fraction of sp³-hybridized carbons (Fsp3) is 0.115. The molecular formula is C26H20ClFN4O2. The summed E-state index contributed by atoms with van der Waals surface area (Å²) in [6, 6.07) is 16.5. The Morgan fingerprint density at radius 3 is 2.68 bits per heavy atom. The van der Waals surface area contributed by atoms with Crippen molar-refractivity contribution in [2.75, 3.05) is 16.8 Å². The largest absolute Gasteiger partial charge is 0.322 e. The van der Waals surface area contributed by atoms with Crippen LogP contribution in [0.5, 0.6) is 0 Å². The molecule has 1 aliphatic rings. The molecule has 4 aromatic rings. The highest BCUT2D eigenvalue weighted by atomic mass is 35.5. The highest BCUT2D eigenvalue weighted by Gasteiger charge is 2.26. The van der Waals surface area contributed by atoms with Crippen LogP contribution in [-0.2, 0) is 6.42 Å². The molecule has 1 aromatic heterocycles.